The van der Waals surface area contributed by atoms with Crippen molar-refractivity contribution in [2.45, 2.75) is 6.04 Å². The number of hydrogen-bond donors (Lipinski definition) is 1. The van der Waals surface area contributed by atoms with E-state index in [9.17, 15) is 0 Å². The Labute approximate surface area is 99.5 Å². The van der Waals surface area contributed by atoms with Gasteiger partial charge in [-0.3, -0.25) is 0 Å². The zero-order chi connectivity index (χ0) is 11.2. The number of ether oxygens (including phenoxy) is 1. The second-order valence-corrected chi connectivity index (χ2v) is 4.35. The van der Waals surface area contributed by atoms with Crippen LogP contribution in [0.2, 0.25) is 0 Å². The molecule has 0 aromatic heterocycles. The van der Waals surface area contributed by atoms with Crippen molar-refractivity contribution in [2.24, 2.45) is 0 Å². The molecule has 1 N–H and O–H groups in total. The van der Waals surface area contributed by atoms with E-state index in [0.717, 1.165) is 11.5 Å². The minimum absolute atomic E-state index is 0.168. The van der Waals surface area contributed by atoms with Crippen molar-refractivity contribution in [3.8, 4) is 5.75 Å². The molecule has 0 saturated heterocycles. The summed E-state index contributed by atoms with van der Waals surface area (Å²) >= 11 is 0. The molecule has 2 aromatic rings. The van der Waals surface area contributed by atoms with Crippen LogP contribution in [-0.4, -0.2) is 0 Å². The Morgan fingerprint density at radius 3 is 2.76 bits per heavy atom. The fourth-order valence-electron chi connectivity index (χ4n) is 2.48. The van der Waals surface area contributed by atoms with Crippen molar-refractivity contribution in [1.82, 2.24) is 0 Å². The third-order valence-corrected chi connectivity index (χ3v) is 3.30. The van der Waals surface area contributed by atoms with Crippen LogP contribution in [0, 0.1) is 0 Å². The summed E-state index contributed by atoms with van der Waals surface area (Å²) < 4.78 is 5.87. The maximum Gasteiger partial charge on any atom is 0.132 e. The summed E-state index contributed by atoms with van der Waals surface area (Å²) in [7, 11) is 0. The highest BCUT2D eigenvalue weighted by Gasteiger charge is 2.32. The lowest BCUT2D eigenvalue weighted by atomic mass is 10.00. The van der Waals surface area contributed by atoms with E-state index in [4.69, 9.17) is 4.74 Å². The highest BCUT2D eigenvalue weighted by molar-refractivity contribution is 5.75. The predicted molar refractivity (Wildman–Crippen MR) is 67.9 cm³/mol. The largest absolute Gasteiger partial charge is 0.459 e. The highest BCUT2D eigenvalue weighted by Crippen LogP contribution is 2.44. The molecule has 2 aromatic carbocycles. The Morgan fingerprint density at radius 2 is 1.76 bits per heavy atom. The maximum atomic E-state index is 5.87. The van der Waals surface area contributed by atoms with Gasteiger partial charge in [-0.1, -0.05) is 36.4 Å². The van der Waals surface area contributed by atoms with Crippen molar-refractivity contribution < 1.29 is 4.74 Å². The van der Waals surface area contributed by atoms with E-state index in [1.807, 2.05) is 30.3 Å². The van der Waals surface area contributed by atoms with E-state index in [1.165, 1.54) is 16.8 Å². The fourth-order valence-corrected chi connectivity index (χ4v) is 2.48. The predicted octanol–water partition coefficient (Wildman–Crippen LogP) is 3.59. The summed E-state index contributed by atoms with van der Waals surface area (Å²) in [6.07, 6.45) is 2.12. The zero-order valence-corrected chi connectivity index (χ0v) is 9.18. The molecule has 0 spiro atoms. The molecule has 2 aliphatic heterocycles. The van der Waals surface area contributed by atoms with Crippen LogP contribution >= 0.6 is 0 Å². The molecule has 2 aliphatic rings. The van der Waals surface area contributed by atoms with Gasteiger partial charge in [0.2, 0.25) is 0 Å². The number of anilines is 1. The monoisotopic (exact) mass is 221 g/mol. The van der Waals surface area contributed by atoms with Crippen LogP contribution in [0.25, 0.3) is 6.08 Å². The average molecular weight is 221 g/mol. The standard InChI is InChI=1S/C15H11NO/c1-3-7-12-10(5-1)9-14-15(16-12)11-6-2-4-8-13(11)17-14/h1-9,15-16H. The molecule has 17 heavy (non-hydrogen) atoms. The van der Waals surface area contributed by atoms with Gasteiger partial charge >= 0.3 is 0 Å². The van der Waals surface area contributed by atoms with Crippen LogP contribution < -0.4 is 10.1 Å². The minimum Gasteiger partial charge on any atom is -0.459 e. The van der Waals surface area contributed by atoms with Crippen LogP contribution in [-0.2, 0) is 0 Å². The average Bonchev–Trinajstić information content (AvgIpc) is 2.73. The first-order valence-electron chi connectivity index (χ1n) is 5.76. The lowest BCUT2D eigenvalue weighted by molar-refractivity contribution is 0.438. The van der Waals surface area contributed by atoms with Gasteiger partial charge in [0.1, 0.15) is 17.6 Å². The van der Waals surface area contributed by atoms with Gasteiger partial charge in [-0.2, -0.15) is 0 Å². The lowest BCUT2D eigenvalue weighted by Gasteiger charge is -2.21. The van der Waals surface area contributed by atoms with Crippen LogP contribution in [0.3, 0.4) is 0 Å². The number of hydrogen-bond acceptors (Lipinski definition) is 2. The quantitative estimate of drug-likeness (QED) is 0.734. The summed E-state index contributed by atoms with van der Waals surface area (Å²) in [6.45, 7) is 0. The Kier molecular flexibility index (Phi) is 1.64. The van der Waals surface area contributed by atoms with Crippen molar-refractivity contribution in [2.75, 3.05) is 5.32 Å². The fraction of sp³-hybridized carbons (Fsp3) is 0.0667. The number of nitrogens with one attached hydrogen (secondary N) is 1. The molecular formula is C15H11NO. The van der Waals surface area contributed by atoms with Gasteiger partial charge in [0.05, 0.1) is 0 Å². The van der Waals surface area contributed by atoms with E-state index in [2.05, 4.69) is 29.6 Å². The van der Waals surface area contributed by atoms with E-state index in [-0.39, 0.29) is 6.04 Å². The van der Waals surface area contributed by atoms with Gasteiger partial charge in [0.15, 0.2) is 0 Å². The SMILES string of the molecule is C1=C2Oc3ccccc3C2Nc2ccccc21. The smallest absolute Gasteiger partial charge is 0.132 e. The van der Waals surface area contributed by atoms with Gasteiger partial charge in [0.25, 0.3) is 0 Å². The molecule has 2 nitrogen and oxygen atoms in total. The first kappa shape index (κ1) is 8.88. The molecule has 2 heterocycles. The second-order valence-electron chi connectivity index (χ2n) is 4.35. The van der Waals surface area contributed by atoms with E-state index in [0.29, 0.717) is 0 Å². The number of benzene rings is 2. The lowest BCUT2D eigenvalue weighted by Crippen LogP contribution is -2.14. The van der Waals surface area contributed by atoms with E-state index in [1.54, 1.807) is 0 Å². The van der Waals surface area contributed by atoms with Crippen LogP contribution in [0.15, 0.2) is 54.3 Å². The summed E-state index contributed by atoms with van der Waals surface area (Å²) in [5, 5.41) is 3.52. The Bertz CT molecular complexity index is 630. The normalized spacial score (nSPS) is 19.3. The van der Waals surface area contributed by atoms with Gasteiger partial charge in [0, 0.05) is 16.8 Å². The molecule has 4 rings (SSSR count). The third-order valence-electron chi connectivity index (χ3n) is 3.30. The number of rotatable bonds is 0. The van der Waals surface area contributed by atoms with Crippen molar-refractivity contribution >= 4 is 11.8 Å². The third kappa shape index (κ3) is 1.21. The molecule has 0 bridgehead atoms. The van der Waals surface area contributed by atoms with Crippen molar-refractivity contribution in [1.29, 1.82) is 0 Å². The number of fused-ring (bicyclic) bond motifs is 4. The molecule has 82 valence electrons. The van der Waals surface area contributed by atoms with E-state index >= 15 is 0 Å². The topological polar surface area (TPSA) is 21.3 Å². The minimum atomic E-state index is 0.168. The molecule has 0 aliphatic carbocycles. The Hall–Kier alpha value is -2.22. The molecular weight excluding hydrogens is 210 g/mol. The summed E-state index contributed by atoms with van der Waals surface area (Å²) in [6, 6.07) is 16.6. The first-order valence-corrected chi connectivity index (χ1v) is 5.76. The first-order chi connectivity index (χ1) is 8.42. The zero-order valence-electron chi connectivity index (χ0n) is 9.18. The van der Waals surface area contributed by atoms with Crippen LogP contribution in [0.4, 0.5) is 5.69 Å². The molecule has 0 radical (unpaired) electrons. The van der Waals surface area contributed by atoms with E-state index < -0.39 is 0 Å². The number of para-hydroxylation sites is 2. The van der Waals surface area contributed by atoms with Gasteiger partial charge in [-0.05, 0) is 18.2 Å². The summed E-state index contributed by atoms with van der Waals surface area (Å²) in [5.41, 5.74) is 3.57. The molecule has 0 saturated carbocycles. The Balaban J connectivity index is 1.88. The molecule has 1 unspecified atom stereocenters. The van der Waals surface area contributed by atoms with Crippen molar-refractivity contribution in [3.05, 3.63) is 65.4 Å². The van der Waals surface area contributed by atoms with Gasteiger partial charge < -0.3 is 10.1 Å². The molecule has 2 heteroatoms. The van der Waals surface area contributed by atoms with Crippen LogP contribution in [0.1, 0.15) is 17.2 Å². The second kappa shape index (κ2) is 3.14. The maximum absolute atomic E-state index is 5.87. The van der Waals surface area contributed by atoms with Gasteiger partial charge in [-0.15, -0.1) is 0 Å². The molecule has 0 amide bonds. The Morgan fingerprint density at radius 1 is 0.941 bits per heavy atom. The molecule has 1 atom stereocenters. The molecule has 0 fully saturated rings. The van der Waals surface area contributed by atoms with Gasteiger partial charge in [-0.25, -0.2) is 0 Å². The van der Waals surface area contributed by atoms with Crippen LogP contribution in [0.5, 0.6) is 5.75 Å². The summed E-state index contributed by atoms with van der Waals surface area (Å²) in [4.78, 5) is 0. The van der Waals surface area contributed by atoms with Crippen molar-refractivity contribution in [3.63, 3.8) is 0 Å². The summed E-state index contributed by atoms with van der Waals surface area (Å²) in [5.74, 6) is 1.95. The highest BCUT2D eigenvalue weighted by atomic mass is 16.5.